The van der Waals surface area contributed by atoms with Crippen LogP contribution in [0.4, 0.5) is 0 Å². The molecule has 1 amide bonds. The first kappa shape index (κ1) is 10.2. The van der Waals surface area contributed by atoms with Gasteiger partial charge in [-0.05, 0) is 25.0 Å². The first-order valence-electron chi connectivity index (χ1n) is 5.16. The van der Waals surface area contributed by atoms with Crippen molar-refractivity contribution in [1.29, 1.82) is 0 Å². The predicted molar refractivity (Wildman–Crippen MR) is 54.5 cm³/mol. The van der Waals surface area contributed by atoms with E-state index in [1.165, 1.54) is 12.7 Å². The zero-order chi connectivity index (χ0) is 10.7. The van der Waals surface area contributed by atoms with Crippen LogP contribution in [0.5, 0.6) is 0 Å². The van der Waals surface area contributed by atoms with Crippen LogP contribution in [-0.2, 0) is 0 Å². The Bertz CT molecular complexity index is 317. The molecule has 0 aromatic carbocycles. The summed E-state index contributed by atoms with van der Waals surface area (Å²) in [7, 11) is 0. The van der Waals surface area contributed by atoms with Gasteiger partial charge in [0.1, 0.15) is 0 Å². The molecule has 2 heterocycles. The summed E-state index contributed by atoms with van der Waals surface area (Å²) in [5.74, 6) is 5.72. The molecule has 0 aliphatic carbocycles. The van der Waals surface area contributed by atoms with Crippen LogP contribution >= 0.6 is 0 Å². The summed E-state index contributed by atoms with van der Waals surface area (Å²) in [6, 6.07) is 3.30. The largest absolute Gasteiger partial charge is 0.459 e. The fraction of sp³-hybridized carbons (Fsp3) is 0.500. The van der Waals surface area contributed by atoms with E-state index in [1.807, 2.05) is 5.01 Å². The summed E-state index contributed by atoms with van der Waals surface area (Å²) in [5, 5.41) is 3.02. The zero-order valence-electron chi connectivity index (χ0n) is 8.56. The lowest BCUT2D eigenvalue weighted by atomic mass is 10.2. The van der Waals surface area contributed by atoms with E-state index in [-0.39, 0.29) is 11.7 Å². The average Bonchev–Trinajstić information content (AvgIpc) is 2.82. The van der Waals surface area contributed by atoms with E-state index in [2.05, 4.69) is 0 Å². The second-order valence-corrected chi connectivity index (χ2v) is 3.64. The van der Waals surface area contributed by atoms with Crippen molar-refractivity contribution in [2.45, 2.75) is 19.3 Å². The molecule has 0 saturated carbocycles. The summed E-state index contributed by atoms with van der Waals surface area (Å²) in [4.78, 5) is 11.8. The number of nitrogens with zero attached hydrogens (tertiary/aromatic N) is 2. The fourth-order valence-corrected chi connectivity index (χ4v) is 1.73. The van der Waals surface area contributed by atoms with E-state index < -0.39 is 0 Å². The normalized spacial score (nSPS) is 17.7. The lowest BCUT2D eigenvalue weighted by molar-refractivity contribution is -0.0244. The van der Waals surface area contributed by atoms with E-state index in [0.717, 1.165) is 31.0 Å². The van der Waals surface area contributed by atoms with Crippen LogP contribution in [0.1, 0.15) is 29.8 Å². The summed E-state index contributed by atoms with van der Waals surface area (Å²) in [5.41, 5.74) is 0. The quantitative estimate of drug-likeness (QED) is 0.448. The molecular weight excluding hydrogens is 194 g/mol. The van der Waals surface area contributed by atoms with Crippen LogP contribution in [-0.4, -0.2) is 29.1 Å². The number of carbonyl (C=O) groups is 1. The minimum absolute atomic E-state index is 0.281. The molecule has 1 aliphatic rings. The molecule has 2 N–H and O–H groups in total. The summed E-state index contributed by atoms with van der Waals surface area (Å²) in [6.07, 6.45) is 4.84. The Balaban J connectivity index is 2.00. The van der Waals surface area contributed by atoms with Gasteiger partial charge in [-0.2, -0.15) is 0 Å². The number of hydrogen-bond donors (Lipinski definition) is 1. The maximum Gasteiger partial charge on any atom is 0.318 e. The van der Waals surface area contributed by atoms with Gasteiger partial charge in [-0.15, -0.1) is 0 Å². The Morgan fingerprint density at radius 1 is 1.40 bits per heavy atom. The monoisotopic (exact) mass is 209 g/mol. The highest BCUT2D eigenvalue weighted by Gasteiger charge is 2.22. The number of hydrogen-bond acceptors (Lipinski definition) is 4. The Morgan fingerprint density at radius 2 is 2.13 bits per heavy atom. The summed E-state index contributed by atoms with van der Waals surface area (Å²) in [6.45, 7) is 1.67. The number of rotatable bonds is 2. The standard InChI is InChI=1S/C10H15N3O2/c11-13(12-6-2-1-3-7-12)10(14)9-5-4-8-15-9/h4-5,8H,1-3,6-7,11H2. The highest BCUT2D eigenvalue weighted by atomic mass is 16.3. The zero-order valence-corrected chi connectivity index (χ0v) is 8.56. The molecule has 5 nitrogen and oxygen atoms in total. The second kappa shape index (κ2) is 4.46. The molecule has 0 bridgehead atoms. The summed E-state index contributed by atoms with van der Waals surface area (Å²) < 4.78 is 5.01. The molecule has 1 saturated heterocycles. The molecule has 5 heteroatoms. The van der Waals surface area contributed by atoms with Crippen molar-refractivity contribution in [2.24, 2.45) is 5.84 Å². The SMILES string of the molecule is NN(C(=O)c1ccco1)N1CCCCC1. The van der Waals surface area contributed by atoms with Crippen molar-refractivity contribution < 1.29 is 9.21 Å². The first-order valence-corrected chi connectivity index (χ1v) is 5.16. The molecule has 1 aromatic rings. The Labute approximate surface area is 88.4 Å². The topological polar surface area (TPSA) is 62.7 Å². The predicted octanol–water partition coefficient (Wildman–Crippen LogP) is 0.996. The molecule has 82 valence electrons. The van der Waals surface area contributed by atoms with Crippen molar-refractivity contribution in [2.75, 3.05) is 13.1 Å². The van der Waals surface area contributed by atoms with Crippen LogP contribution in [0.3, 0.4) is 0 Å². The number of carbonyl (C=O) groups excluding carboxylic acids is 1. The molecule has 1 aromatic heterocycles. The number of amides is 1. The third-order valence-corrected chi connectivity index (χ3v) is 2.58. The lowest BCUT2D eigenvalue weighted by Gasteiger charge is -2.33. The number of piperidine rings is 1. The van der Waals surface area contributed by atoms with Crippen LogP contribution < -0.4 is 5.84 Å². The Morgan fingerprint density at radius 3 is 2.73 bits per heavy atom. The van der Waals surface area contributed by atoms with E-state index in [4.69, 9.17) is 10.3 Å². The molecule has 0 radical (unpaired) electrons. The van der Waals surface area contributed by atoms with Gasteiger partial charge in [-0.3, -0.25) is 4.79 Å². The smallest absolute Gasteiger partial charge is 0.318 e. The van der Waals surface area contributed by atoms with Crippen molar-refractivity contribution in [3.05, 3.63) is 24.2 Å². The third kappa shape index (κ3) is 2.19. The van der Waals surface area contributed by atoms with Crippen molar-refractivity contribution >= 4 is 5.91 Å². The van der Waals surface area contributed by atoms with Gasteiger partial charge < -0.3 is 4.42 Å². The molecule has 0 unspecified atom stereocenters. The number of nitrogens with two attached hydrogens (primary N) is 1. The molecule has 1 aliphatic heterocycles. The lowest BCUT2D eigenvalue weighted by Crippen LogP contribution is -2.52. The van der Waals surface area contributed by atoms with Crippen LogP contribution in [0, 0.1) is 0 Å². The number of hydrazine groups is 2. The van der Waals surface area contributed by atoms with Crippen molar-refractivity contribution in [3.63, 3.8) is 0 Å². The van der Waals surface area contributed by atoms with E-state index in [1.54, 1.807) is 12.1 Å². The van der Waals surface area contributed by atoms with Gasteiger partial charge >= 0.3 is 5.91 Å². The van der Waals surface area contributed by atoms with Crippen LogP contribution in [0.25, 0.3) is 0 Å². The highest BCUT2D eigenvalue weighted by Crippen LogP contribution is 2.12. The third-order valence-electron chi connectivity index (χ3n) is 2.58. The van der Waals surface area contributed by atoms with Gasteiger partial charge in [0.05, 0.1) is 6.26 Å². The van der Waals surface area contributed by atoms with Crippen LogP contribution in [0.2, 0.25) is 0 Å². The summed E-state index contributed by atoms with van der Waals surface area (Å²) >= 11 is 0. The van der Waals surface area contributed by atoms with Gasteiger partial charge in [-0.25, -0.2) is 16.0 Å². The van der Waals surface area contributed by atoms with Gasteiger partial charge in [0, 0.05) is 13.1 Å². The van der Waals surface area contributed by atoms with Gasteiger partial charge in [0.2, 0.25) is 0 Å². The first-order chi connectivity index (χ1) is 7.29. The van der Waals surface area contributed by atoms with Gasteiger partial charge in [0.25, 0.3) is 0 Å². The molecule has 2 rings (SSSR count). The molecule has 0 atom stereocenters. The number of furan rings is 1. The molecule has 0 spiro atoms. The van der Waals surface area contributed by atoms with E-state index >= 15 is 0 Å². The second-order valence-electron chi connectivity index (χ2n) is 3.64. The molecular formula is C10H15N3O2. The van der Waals surface area contributed by atoms with E-state index in [9.17, 15) is 4.79 Å². The Hall–Kier alpha value is -1.33. The van der Waals surface area contributed by atoms with Gasteiger partial charge in [-0.1, -0.05) is 6.42 Å². The van der Waals surface area contributed by atoms with Crippen molar-refractivity contribution in [1.82, 2.24) is 10.1 Å². The van der Waals surface area contributed by atoms with Gasteiger partial charge in [0.15, 0.2) is 5.76 Å². The maximum atomic E-state index is 11.8. The van der Waals surface area contributed by atoms with Crippen LogP contribution in [0.15, 0.2) is 22.8 Å². The van der Waals surface area contributed by atoms with E-state index in [0.29, 0.717) is 0 Å². The maximum absolute atomic E-state index is 11.8. The minimum Gasteiger partial charge on any atom is -0.459 e. The average molecular weight is 209 g/mol. The molecule has 1 fully saturated rings. The van der Waals surface area contributed by atoms with Crippen molar-refractivity contribution in [3.8, 4) is 0 Å². The molecule has 15 heavy (non-hydrogen) atoms. The highest BCUT2D eigenvalue weighted by molar-refractivity contribution is 5.90. The Kier molecular flexibility index (Phi) is 3.03. The fourth-order valence-electron chi connectivity index (χ4n) is 1.73. The minimum atomic E-state index is -0.290.